The first-order chi connectivity index (χ1) is 13.3. The summed E-state index contributed by atoms with van der Waals surface area (Å²) in [6.45, 7) is 2.46. The highest BCUT2D eigenvalue weighted by molar-refractivity contribution is 6.10. The molecule has 0 fully saturated rings. The average Bonchev–Trinajstić information content (AvgIpc) is 2.68. The van der Waals surface area contributed by atoms with Gasteiger partial charge in [-0.15, -0.1) is 0 Å². The van der Waals surface area contributed by atoms with Gasteiger partial charge in [-0.25, -0.2) is 4.79 Å². The van der Waals surface area contributed by atoms with Gasteiger partial charge in [-0.2, -0.15) is 0 Å². The lowest BCUT2D eigenvalue weighted by molar-refractivity contribution is -0.309. The van der Waals surface area contributed by atoms with E-state index in [0.717, 1.165) is 0 Å². The second kappa shape index (κ2) is 9.18. The zero-order valence-electron chi connectivity index (χ0n) is 15.6. The molecule has 0 aromatic heterocycles. The standard InChI is InChI=1S/C18H24N4O6/c1-3-10(2)15(16(25)20-12(9-23)17(26)27)21-18(28)22-8-14(24)19-11-6-4-5-7-13(11)22/h4-7,10,12,15,23H,3,8-9H2,1-2H3,(H,19,24)(H,20,25)(H,21,28)(H,26,27)/p-1/t10-,12-,15-/m0/s1. The minimum Gasteiger partial charge on any atom is -0.548 e. The number of hydrogen-bond donors (Lipinski definition) is 4. The lowest BCUT2D eigenvalue weighted by atomic mass is 9.98. The Kier molecular flexibility index (Phi) is 6.94. The monoisotopic (exact) mass is 391 g/mol. The molecule has 1 aliphatic heterocycles. The summed E-state index contributed by atoms with van der Waals surface area (Å²) in [7, 11) is 0. The second-order valence-corrected chi connectivity index (χ2v) is 6.53. The van der Waals surface area contributed by atoms with Crippen LogP contribution in [0.2, 0.25) is 0 Å². The summed E-state index contributed by atoms with van der Waals surface area (Å²) in [6.07, 6.45) is 0.518. The Morgan fingerprint density at radius 3 is 2.57 bits per heavy atom. The van der Waals surface area contributed by atoms with Gasteiger partial charge in [0.2, 0.25) is 11.8 Å². The first kappa shape index (κ1) is 21.2. The Balaban J connectivity index is 2.20. The molecule has 10 nitrogen and oxygen atoms in total. The van der Waals surface area contributed by atoms with Crippen LogP contribution in [0.3, 0.4) is 0 Å². The predicted octanol–water partition coefficient (Wildman–Crippen LogP) is -1.20. The maximum Gasteiger partial charge on any atom is 0.323 e. The van der Waals surface area contributed by atoms with Crippen molar-refractivity contribution in [3.8, 4) is 0 Å². The van der Waals surface area contributed by atoms with Crippen LogP contribution in [0.1, 0.15) is 20.3 Å². The summed E-state index contributed by atoms with van der Waals surface area (Å²) in [5.74, 6) is -3.11. The maximum atomic E-state index is 12.8. The third kappa shape index (κ3) is 4.77. The van der Waals surface area contributed by atoms with Crippen LogP contribution in [0.4, 0.5) is 16.2 Å². The lowest BCUT2D eigenvalue weighted by Gasteiger charge is -2.32. The topological polar surface area (TPSA) is 151 Å². The van der Waals surface area contributed by atoms with E-state index < -0.39 is 36.6 Å². The summed E-state index contributed by atoms with van der Waals surface area (Å²) < 4.78 is 0. The number of carboxylic acid groups (broad SMARTS) is 1. The number of carbonyl (C=O) groups excluding carboxylic acids is 4. The van der Waals surface area contributed by atoms with E-state index in [-0.39, 0.29) is 18.4 Å². The zero-order valence-corrected chi connectivity index (χ0v) is 15.6. The number of carbonyl (C=O) groups is 4. The third-order valence-electron chi connectivity index (χ3n) is 4.57. The molecule has 3 atom stereocenters. The van der Waals surface area contributed by atoms with Gasteiger partial charge in [0.15, 0.2) is 0 Å². The first-order valence-electron chi connectivity index (χ1n) is 8.87. The highest BCUT2D eigenvalue weighted by atomic mass is 16.4. The molecule has 0 spiro atoms. The van der Waals surface area contributed by atoms with E-state index in [2.05, 4.69) is 16.0 Å². The van der Waals surface area contributed by atoms with Crippen LogP contribution in [0.15, 0.2) is 24.3 Å². The number of anilines is 2. The van der Waals surface area contributed by atoms with Crippen LogP contribution in [0.25, 0.3) is 0 Å². The highest BCUT2D eigenvalue weighted by Gasteiger charge is 2.32. The van der Waals surface area contributed by atoms with E-state index in [1.165, 1.54) is 4.90 Å². The number of nitrogens with one attached hydrogen (secondary N) is 3. The van der Waals surface area contributed by atoms with Crippen molar-refractivity contribution in [3.05, 3.63) is 24.3 Å². The number of nitrogens with zero attached hydrogens (tertiary/aromatic N) is 1. The molecule has 10 heteroatoms. The smallest absolute Gasteiger partial charge is 0.323 e. The van der Waals surface area contributed by atoms with Crippen LogP contribution in [0.5, 0.6) is 0 Å². The molecule has 0 bridgehead atoms. The van der Waals surface area contributed by atoms with Crippen molar-refractivity contribution >= 4 is 35.2 Å². The molecule has 1 aromatic carbocycles. The molecule has 0 unspecified atom stereocenters. The molecule has 152 valence electrons. The van der Waals surface area contributed by atoms with Gasteiger partial charge in [-0.3, -0.25) is 14.5 Å². The number of aliphatic hydroxyl groups excluding tert-OH is 1. The van der Waals surface area contributed by atoms with Gasteiger partial charge in [-0.05, 0) is 18.1 Å². The molecule has 0 saturated heterocycles. The molecule has 0 radical (unpaired) electrons. The van der Waals surface area contributed by atoms with Crippen molar-refractivity contribution in [2.45, 2.75) is 32.4 Å². The minimum atomic E-state index is -1.63. The molecular formula is C18H23N4O6-. The van der Waals surface area contributed by atoms with Crippen molar-refractivity contribution in [2.24, 2.45) is 5.92 Å². The van der Waals surface area contributed by atoms with Gasteiger partial charge < -0.3 is 31.0 Å². The van der Waals surface area contributed by atoms with Crippen LogP contribution < -0.4 is 26.0 Å². The number of fused-ring (bicyclic) bond motifs is 1. The summed E-state index contributed by atoms with van der Waals surface area (Å²) in [5, 5.41) is 27.4. The number of amides is 4. The largest absolute Gasteiger partial charge is 0.548 e. The Labute approximate surface area is 161 Å². The van der Waals surface area contributed by atoms with E-state index in [1.807, 2.05) is 6.92 Å². The molecule has 1 heterocycles. The molecule has 0 saturated carbocycles. The molecular weight excluding hydrogens is 368 g/mol. The van der Waals surface area contributed by atoms with Gasteiger partial charge in [0, 0.05) is 0 Å². The number of rotatable bonds is 7. The third-order valence-corrected chi connectivity index (χ3v) is 4.57. The summed E-state index contributed by atoms with van der Waals surface area (Å²) >= 11 is 0. The fourth-order valence-corrected chi connectivity index (χ4v) is 2.77. The number of carboxylic acids is 1. The Hall–Kier alpha value is -3.14. The SMILES string of the molecule is CC[C@H](C)[C@H](NC(=O)N1CC(=O)Nc2ccccc21)C(=O)N[C@@H](CO)C(=O)[O-]. The van der Waals surface area contributed by atoms with Crippen molar-refractivity contribution in [1.82, 2.24) is 10.6 Å². The molecule has 4 N–H and O–H groups in total. The zero-order chi connectivity index (χ0) is 20.8. The summed E-state index contributed by atoms with van der Waals surface area (Å²) in [4.78, 5) is 49.4. The van der Waals surface area contributed by atoms with E-state index in [1.54, 1.807) is 31.2 Å². The van der Waals surface area contributed by atoms with Gasteiger partial charge in [-0.1, -0.05) is 32.4 Å². The average molecular weight is 391 g/mol. The van der Waals surface area contributed by atoms with E-state index >= 15 is 0 Å². The van der Waals surface area contributed by atoms with Gasteiger partial charge in [0.25, 0.3) is 0 Å². The fraction of sp³-hybridized carbons (Fsp3) is 0.444. The molecule has 1 aromatic rings. The fourth-order valence-electron chi connectivity index (χ4n) is 2.77. The second-order valence-electron chi connectivity index (χ2n) is 6.53. The van der Waals surface area contributed by atoms with E-state index in [0.29, 0.717) is 17.8 Å². The van der Waals surface area contributed by atoms with Gasteiger partial charge >= 0.3 is 6.03 Å². The molecule has 4 amide bonds. The maximum absolute atomic E-state index is 12.8. The van der Waals surface area contributed by atoms with Crippen LogP contribution in [-0.2, 0) is 14.4 Å². The van der Waals surface area contributed by atoms with Crippen molar-refractivity contribution < 1.29 is 29.4 Å². The van der Waals surface area contributed by atoms with Crippen molar-refractivity contribution in [3.63, 3.8) is 0 Å². The minimum absolute atomic E-state index is 0.226. The van der Waals surface area contributed by atoms with Gasteiger partial charge in [0.05, 0.1) is 30.0 Å². The molecule has 2 rings (SSSR count). The van der Waals surface area contributed by atoms with Crippen molar-refractivity contribution in [2.75, 3.05) is 23.4 Å². The quantitative estimate of drug-likeness (QED) is 0.458. The van der Waals surface area contributed by atoms with Crippen LogP contribution >= 0.6 is 0 Å². The molecule has 1 aliphatic rings. The van der Waals surface area contributed by atoms with Crippen LogP contribution in [0, 0.1) is 5.92 Å². The summed E-state index contributed by atoms with van der Waals surface area (Å²) in [5.41, 5.74) is 0.946. The number of urea groups is 1. The Bertz CT molecular complexity index is 768. The van der Waals surface area contributed by atoms with Crippen molar-refractivity contribution in [1.29, 1.82) is 0 Å². The number of aliphatic hydroxyl groups is 1. The van der Waals surface area contributed by atoms with Gasteiger partial charge in [0.1, 0.15) is 12.6 Å². The first-order valence-corrected chi connectivity index (χ1v) is 8.87. The Morgan fingerprint density at radius 2 is 1.96 bits per heavy atom. The lowest BCUT2D eigenvalue weighted by Crippen LogP contribution is -2.59. The highest BCUT2D eigenvalue weighted by Crippen LogP contribution is 2.29. The Morgan fingerprint density at radius 1 is 1.29 bits per heavy atom. The van der Waals surface area contributed by atoms with E-state index in [4.69, 9.17) is 5.11 Å². The number of hydrogen-bond acceptors (Lipinski definition) is 6. The number of para-hydroxylation sites is 2. The molecule has 28 heavy (non-hydrogen) atoms. The van der Waals surface area contributed by atoms with Crippen LogP contribution in [-0.4, -0.2) is 54.2 Å². The normalized spacial score (nSPS) is 16.2. The number of benzene rings is 1. The predicted molar refractivity (Wildman–Crippen MR) is 98.2 cm³/mol. The van der Waals surface area contributed by atoms with E-state index in [9.17, 15) is 24.3 Å². The molecule has 0 aliphatic carbocycles. The number of aliphatic carboxylic acids is 1. The summed E-state index contributed by atoms with van der Waals surface area (Å²) in [6, 6.07) is 3.41.